The van der Waals surface area contributed by atoms with Gasteiger partial charge in [-0.1, -0.05) is 19.1 Å². The zero-order valence-corrected chi connectivity index (χ0v) is 12.8. The van der Waals surface area contributed by atoms with E-state index in [-0.39, 0.29) is 4.90 Å². The number of aromatic nitrogens is 1. The van der Waals surface area contributed by atoms with E-state index >= 15 is 0 Å². The van der Waals surface area contributed by atoms with Crippen LogP contribution in [0, 0.1) is 6.92 Å². The molecule has 2 N–H and O–H groups in total. The lowest BCUT2D eigenvalue weighted by Gasteiger charge is -2.12. The molecule has 2 rings (SSSR count). The monoisotopic (exact) mass is 306 g/mol. The number of nitrogens with zero attached hydrogens (tertiary/aromatic N) is 1. The predicted molar refractivity (Wildman–Crippen MR) is 81.5 cm³/mol. The number of sulfonamides is 1. The van der Waals surface area contributed by atoms with Gasteiger partial charge in [0.1, 0.15) is 0 Å². The summed E-state index contributed by atoms with van der Waals surface area (Å²) in [5, 5.41) is 9.83. The summed E-state index contributed by atoms with van der Waals surface area (Å²) >= 11 is 0. The second kappa shape index (κ2) is 6.24. The molecule has 0 aliphatic rings. The largest absolute Gasteiger partial charge is 0.388 e. The maximum absolute atomic E-state index is 12.4. The number of hydrogen-bond donors (Lipinski definition) is 2. The van der Waals surface area contributed by atoms with Crippen LogP contribution in [-0.4, -0.2) is 18.5 Å². The number of anilines is 1. The number of aliphatic hydroxyl groups excluding tert-OH is 1. The van der Waals surface area contributed by atoms with Gasteiger partial charge in [-0.05, 0) is 42.7 Å². The highest BCUT2D eigenvalue weighted by Gasteiger charge is 2.17. The molecule has 1 aromatic carbocycles. The van der Waals surface area contributed by atoms with Gasteiger partial charge in [0.2, 0.25) is 0 Å². The zero-order chi connectivity index (χ0) is 15.5. The summed E-state index contributed by atoms with van der Waals surface area (Å²) in [6.07, 6.45) is 2.99. The van der Waals surface area contributed by atoms with E-state index in [0.29, 0.717) is 17.7 Å². The van der Waals surface area contributed by atoms with Crippen LogP contribution in [0.3, 0.4) is 0 Å². The molecule has 1 aromatic heterocycles. The minimum absolute atomic E-state index is 0.128. The fourth-order valence-corrected chi connectivity index (χ4v) is 3.10. The van der Waals surface area contributed by atoms with E-state index in [0.717, 1.165) is 5.56 Å². The highest BCUT2D eigenvalue weighted by molar-refractivity contribution is 7.92. The van der Waals surface area contributed by atoms with Crippen LogP contribution >= 0.6 is 0 Å². The Balaban J connectivity index is 2.34. The SMILES string of the molecule is CCC(O)c1cccc(S(=O)(=O)Nc2ccncc2C)c1. The molecule has 1 unspecified atom stereocenters. The van der Waals surface area contributed by atoms with Crippen molar-refractivity contribution in [1.29, 1.82) is 0 Å². The Hall–Kier alpha value is -1.92. The van der Waals surface area contributed by atoms with Crippen LogP contribution in [0.4, 0.5) is 5.69 Å². The van der Waals surface area contributed by atoms with E-state index in [1.807, 2.05) is 6.92 Å². The van der Waals surface area contributed by atoms with Crippen molar-refractivity contribution in [2.75, 3.05) is 4.72 Å². The molecule has 112 valence electrons. The van der Waals surface area contributed by atoms with Gasteiger partial charge in [-0.2, -0.15) is 0 Å². The highest BCUT2D eigenvalue weighted by Crippen LogP contribution is 2.22. The van der Waals surface area contributed by atoms with Crippen molar-refractivity contribution in [1.82, 2.24) is 4.98 Å². The molecule has 0 saturated heterocycles. The standard InChI is InChI=1S/C15H18N2O3S/c1-3-15(18)12-5-4-6-13(9-12)21(19,20)17-14-7-8-16-10-11(14)2/h4-10,15,18H,3H2,1-2H3,(H,16,17). The zero-order valence-electron chi connectivity index (χ0n) is 11.9. The number of aryl methyl sites for hydroxylation is 1. The lowest BCUT2D eigenvalue weighted by Crippen LogP contribution is -2.14. The maximum Gasteiger partial charge on any atom is 0.261 e. The summed E-state index contributed by atoms with van der Waals surface area (Å²) in [6.45, 7) is 3.62. The lowest BCUT2D eigenvalue weighted by molar-refractivity contribution is 0.173. The van der Waals surface area contributed by atoms with Crippen LogP contribution in [0.15, 0.2) is 47.6 Å². The first kappa shape index (κ1) is 15.5. The van der Waals surface area contributed by atoms with Crippen molar-refractivity contribution in [3.8, 4) is 0 Å². The molecule has 0 aliphatic heterocycles. The third kappa shape index (κ3) is 3.59. The molecule has 0 spiro atoms. The van der Waals surface area contributed by atoms with Crippen LogP contribution in [-0.2, 0) is 10.0 Å². The van der Waals surface area contributed by atoms with Crippen molar-refractivity contribution in [2.45, 2.75) is 31.3 Å². The van der Waals surface area contributed by atoms with E-state index in [9.17, 15) is 13.5 Å². The summed E-state index contributed by atoms with van der Waals surface area (Å²) in [5.41, 5.74) is 1.82. The Morgan fingerprint density at radius 3 is 2.76 bits per heavy atom. The molecule has 0 aliphatic carbocycles. The van der Waals surface area contributed by atoms with E-state index in [2.05, 4.69) is 9.71 Å². The summed E-state index contributed by atoms with van der Waals surface area (Å²) in [5.74, 6) is 0. The molecule has 5 nitrogen and oxygen atoms in total. The van der Waals surface area contributed by atoms with Gasteiger partial charge in [-0.15, -0.1) is 0 Å². The summed E-state index contributed by atoms with van der Waals surface area (Å²) in [7, 11) is -3.69. The third-order valence-corrected chi connectivity index (χ3v) is 4.57. The number of benzene rings is 1. The molecule has 0 amide bonds. The van der Waals surface area contributed by atoms with Gasteiger partial charge in [0.15, 0.2) is 0 Å². The Bertz CT molecular complexity index is 729. The molecule has 2 aromatic rings. The molecular formula is C15H18N2O3S. The summed E-state index contributed by atoms with van der Waals surface area (Å²) in [4.78, 5) is 4.06. The minimum Gasteiger partial charge on any atom is -0.388 e. The topological polar surface area (TPSA) is 79.3 Å². The van der Waals surface area contributed by atoms with Crippen LogP contribution in [0.5, 0.6) is 0 Å². The smallest absolute Gasteiger partial charge is 0.261 e. The third-order valence-electron chi connectivity index (χ3n) is 3.20. The van der Waals surface area contributed by atoms with Gasteiger partial charge in [0.25, 0.3) is 10.0 Å². The first-order valence-electron chi connectivity index (χ1n) is 6.65. The second-order valence-electron chi connectivity index (χ2n) is 4.79. The van der Waals surface area contributed by atoms with Crippen molar-refractivity contribution in [2.24, 2.45) is 0 Å². The van der Waals surface area contributed by atoms with E-state index < -0.39 is 16.1 Å². The van der Waals surface area contributed by atoms with Gasteiger partial charge in [0.05, 0.1) is 16.7 Å². The van der Waals surface area contributed by atoms with Crippen LogP contribution < -0.4 is 4.72 Å². The van der Waals surface area contributed by atoms with Gasteiger partial charge < -0.3 is 5.11 Å². The van der Waals surface area contributed by atoms with E-state index in [1.54, 1.807) is 31.3 Å². The molecule has 21 heavy (non-hydrogen) atoms. The number of nitrogens with one attached hydrogen (secondary N) is 1. The Morgan fingerprint density at radius 2 is 2.10 bits per heavy atom. The number of aliphatic hydroxyl groups is 1. The van der Waals surface area contributed by atoms with Crippen molar-refractivity contribution in [3.63, 3.8) is 0 Å². The van der Waals surface area contributed by atoms with Gasteiger partial charge >= 0.3 is 0 Å². The Kier molecular flexibility index (Phi) is 4.59. The molecule has 6 heteroatoms. The summed E-state index contributed by atoms with van der Waals surface area (Å²) < 4.78 is 27.3. The van der Waals surface area contributed by atoms with E-state index in [1.165, 1.54) is 18.3 Å². The molecule has 0 saturated carbocycles. The average molecular weight is 306 g/mol. The van der Waals surface area contributed by atoms with E-state index in [4.69, 9.17) is 0 Å². The minimum atomic E-state index is -3.69. The van der Waals surface area contributed by atoms with Crippen molar-refractivity contribution in [3.05, 3.63) is 53.9 Å². The fraction of sp³-hybridized carbons (Fsp3) is 0.267. The molecular weight excluding hydrogens is 288 g/mol. The predicted octanol–water partition coefficient (Wildman–Crippen LogP) is 2.63. The van der Waals surface area contributed by atoms with Gasteiger partial charge in [-0.3, -0.25) is 9.71 Å². The number of pyridine rings is 1. The molecule has 1 atom stereocenters. The fourth-order valence-electron chi connectivity index (χ4n) is 1.92. The normalized spacial score (nSPS) is 12.9. The molecule has 1 heterocycles. The van der Waals surface area contributed by atoms with Gasteiger partial charge in [0, 0.05) is 12.4 Å². The maximum atomic E-state index is 12.4. The first-order chi connectivity index (χ1) is 9.94. The summed E-state index contributed by atoms with van der Waals surface area (Å²) in [6, 6.07) is 7.95. The highest BCUT2D eigenvalue weighted by atomic mass is 32.2. The second-order valence-corrected chi connectivity index (χ2v) is 6.48. The lowest BCUT2D eigenvalue weighted by atomic mass is 10.1. The van der Waals surface area contributed by atoms with Crippen molar-refractivity contribution < 1.29 is 13.5 Å². The quantitative estimate of drug-likeness (QED) is 0.890. The van der Waals surface area contributed by atoms with Gasteiger partial charge in [-0.25, -0.2) is 8.42 Å². The molecule has 0 radical (unpaired) electrons. The van der Waals surface area contributed by atoms with Crippen molar-refractivity contribution >= 4 is 15.7 Å². The Labute approximate surface area is 124 Å². The van der Waals surface area contributed by atoms with Crippen LogP contribution in [0.2, 0.25) is 0 Å². The molecule has 0 bridgehead atoms. The molecule has 0 fully saturated rings. The van der Waals surface area contributed by atoms with Crippen LogP contribution in [0.1, 0.15) is 30.6 Å². The Morgan fingerprint density at radius 1 is 1.33 bits per heavy atom. The first-order valence-corrected chi connectivity index (χ1v) is 8.14. The van der Waals surface area contributed by atoms with Crippen LogP contribution in [0.25, 0.3) is 0 Å². The average Bonchev–Trinajstić information content (AvgIpc) is 2.49. The number of rotatable bonds is 5. The number of hydrogen-bond acceptors (Lipinski definition) is 4.